The smallest absolute Gasteiger partial charge is 0.339 e. The standard InChI is InChI=1S/C22H21NO4S/c1-15(17-12-7-9-16-8-3-4-10-18(16)17)23-21(24)14-27-22(25)19-11-5-6-13-20(19)28(2)26/h3-13,15H,14H2,1-2H3,(H,23,24)/t15-,28-/m1/s1. The second-order valence-electron chi connectivity index (χ2n) is 6.38. The van der Waals surface area contributed by atoms with Gasteiger partial charge in [0.25, 0.3) is 5.91 Å². The van der Waals surface area contributed by atoms with Crippen molar-refractivity contribution in [3.8, 4) is 0 Å². The Morgan fingerprint density at radius 3 is 2.46 bits per heavy atom. The Morgan fingerprint density at radius 1 is 1.00 bits per heavy atom. The van der Waals surface area contributed by atoms with Crippen molar-refractivity contribution in [1.29, 1.82) is 0 Å². The van der Waals surface area contributed by atoms with E-state index in [0.717, 1.165) is 16.3 Å². The maximum Gasteiger partial charge on any atom is 0.339 e. The molecule has 0 unspecified atom stereocenters. The van der Waals surface area contributed by atoms with E-state index in [1.54, 1.807) is 18.2 Å². The SMILES string of the molecule is C[C@@H](NC(=O)COC(=O)c1ccccc1[S@@](C)=O)c1cccc2ccccc12. The molecule has 0 saturated carbocycles. The second-order valence-corrected chi connectivity index (χ2v) is 7.73. The van der Waals surface area contributed by atoms with E-state index in [1.807, 2.05) is 49.4 Å². The molecular formula is C22H21NO4S. The number of hydrogen-bond acceptors (Lipinski definition) is 4. The molecule has 0 radical (unpaired) electrons. The third-order valence-corrected chi connectivity index (χ3v) is 5.39. The molecule has 0 saturated heterocycles. The first-order valence-electron chi connectivity index (χ1n) is 8.84. The highest BCUT2D eigenvalue weighted by molar-refractivity contribution is 7.84. The van der Waals surface area contributed by atoms with E-state index in [1.165, 1.54) is 12.3 Å². The molecule has 28 heavy (non-hydrogen) atoms. The minimum Gasteiger partial charge on any atom is -0.452 e. The largest absolute Gasteiger partial charge is 0.452 e. The molecule has 144 valence electrons. The van der Waals surface area contributed by atoms with Crippen molar-refractivity contribution < 1.29 is 18.5 Å². The van der Waals surface area contributed by atoms with Crippen molar-refractivity contribution in [3.05, 3.63) is 77.9 Å². The second kappa shape index (κ2) is 8.80. The number of fused-ring (bicyclic) bond motifs is 1. The quantitative estimate of drug-likeness (QED) is 0.647. The van der Waals surface area contributed by atoms with E-state index in [9.17, 15) is 13.8 Å². The Kier molecular flexibility index (Phi) is 6.21. The molecule has 0 heterocycles. The molecule has 0 aliphatic heterocycles. The van der Waals surface area contributed by atoms with Crippen LogP contribution < -0.4 is 5.32 Å². The van der Waals surface area contributed by atoms with Gasteiger partial charge in [-0.25, -0.2) is 4.79 Å². The first-order chi connectivity index (χ1) is 13.5. The third kappa shape index (κ3) is 4.46. The first kappa shape index (κ1) is 19.8. The molecule has 1 N–H and O–H groups in total. The molecule has 2 atom stereocenters. The maximum absolute atomic E-state index is 12.3. The molecule has 6 heteroatoms. The van der Waals surface area contributed by atoms with Crippen molar-refractivity contribution >= 4 is 33.4 Å². The lowest BCUT2D eigenvalue weighted by atomic mass is 10.00. The summed E-state index contributed by atoms with van der Waals surface area (Å²) in [6.45, 7) is 1.48. The monoisotopic (exact) mass is 395 g/mol. The summed E-state index contributed by atoms with van der Waals surface area (Å²) in [5.41, 5.74) is 1.20. The molecule has 0 spiro atoms. The van der Waals surface area contributed by atoms with E-state index in [0.29, 0.717) is 4.90 Å². The van der Waals surface area contributed by atoms with Crippen molar-refractivity contribution in [2.24, 2.45) is 0 Å². The summed E-state index contributed by atoms with van der Waals surface area (Å²) in [5, 5.41) is 5.01. The van der Waals surface area contributed by atoms with Crippen molar-refractivity contribution in [1.82, 2.24) is 5.32 Å². The van der Waals surface area contributed by atoms with Gasteiger partial charge in [-0.1, -0.05) is 54.6 Å². The molecule has 0 aromatic heterocycles. The lowest BCUT2D eigenvalue weighted by Crippen LogP contribution is -2.31. The van der Waals surface area contributed by atoms with E-state index < -0.39 is 29.3 Å². The van der Waals surface area contributed by atoms with Crippen LogP contribution in [-0.2, 0) is 20.3 Å². The van der Waals surface area contributed by atoms with Crippen molar-refractivity contribution in [2.45, 2.75) is 17.9 Å². The average Bonchev–Trinajstić information content (AvgIpc) is 2.71. The molecule has 5 nitrogen and oxygen atoms in total. The zero-order chi connectivity index (χ0) is 20.1. The summed E-state index contributed by atoms with van der Waals surface area (Å²) in [7, 11) is -1.32. The molecule has 0 aliphatic rings. The number of nitrogens with one attached hydrogen (secondary N) is 1. The summed E-state index contributed by atoms with van der Waals surface area (Å²) in [6.07, 6.45) is 1.49. The van der Waals surface area contributed by atoms with Gasteiger partial charge in [-0.05, 0) is 35.4 Å². The van der Waals surface area contributed by atoms with E-state index in [2.05, 4.69) is 5.32 Å². The Bertz CT molecular complexity index is 1040. The Labute approximate surface area is 166 Å². The third-order valence-electron chi connectivity index (χ3n) is 4.42. The molecule has 1 amide bonds. The predicted octanol–water partition coefficient (Wildman–Crippen LogP) is 3.61. The van der Waals surface area contributed by atoms with Crippen LogP contribution in [0.15, 0.2) is 71.6 Å². The molecule has 3 aromatic carbocycles. The lowest BCUT2D eigenvalue weighted by molar-refractivity contribution is -0.124. The van der Waals surface area contributed by atoms with Crippen LogP contribution in [0.1, 0.15) is 28.9 Å². The molecular weight excluding hydrogens is 374 g/mol. The van der Waals surface area contributed by atoms with Gasteiger partial charge in [0.1, 0.15) is 0 Å². The average molecular weight is 395 g/mol. The molecule has 0 bridgehead atoms. The highest BCUT2D eigenvalue weighted by atomic mass is 32.2. The van der Waals surface area contributed by atoms with E-state index in [-0.39, 0.29) is 11.6 Å². The van der Waals surface area contributed by atoms with Crippen LogP contribution in [0.3, 0.4) is 0 Å². The number of carbonyl (C=O) groups excluding carboxylic acids is 2. The summed E-state index contributed by atoms with van der Waals surface area (Å²) in [6, 6.07) is 20.1. The lowest BCUT2D eigenvalue weighted by Gasteiger charge is -2.17. The maximum atomic E-state index is 12.3. The first-order valence-corrected chi connectivity index (χ1v) is 10.4. The van der Waals surface area contributed by atoms with Crippen LogP contribution in [0.5, 0.6) is 0 Å². The highest BCUT2D eigenvalue weighted by Gasteiger charge is 2.17. The van der Waals surface area contributed by atoms with Gasteiger partial charge in [0.2, 0.25) is 0 Å². The molecule has 3 aromatic rings. The number of ether oxygens (including phenoxy) is 1. The van der Waals surface area contributed by atoms with E-state index in [4.69, 9.17) is 4.74 Å². The molecule has 3 rings (SSSR count). The number of rotatable bonds is 6. The zero-order valence-electron chi connectivity index (χ0n) is 15.7. The fourth-order valence-electron chi connectivity index (χ4n) is 3.08. The minimum atomic E-state index is -1.32. The van der Waals surface area contributed by atoms with Crippen LogP contribution in [0.25, 0.3) is 10.8 Å². The normalized spacial score (nSPS) is 12.9. The van der Waals surface area contributed by atoms with Gasteiger partial charge in [0, 0.05) is 6.26 Å². The van der Waals surface area contributed by atoms with Crippen LogP contribution in [0, 0.1) is 0 Å². The van der Waals surface area contributed by atoms with Gasteiger partial charge in [-0.15, -0.1) is 0 Å². The number of benzene rings is 3. The summed E-state index contributed by atoms with van der Waals surface area (Å²) in [5.74, 6) is -1.07. The van der Waals surface area contributed by atoms with Crippen LogP contribution in [-0.4, -0.2) is 28.9 Å². The Morgan fingerprint density at radius 2 is 1.68 bits per heavy atom. The summed E-state index contributed by atoms with van der Waals surface area (Å²) in [4.78, 5) is 24.9. The van der Waals surface area contributed by atoms with Gasteiger partial charge >= 0.3 is 5.97 Å². The highest BCUT2D eigenvalue weighted by Crippen LogP contribution is 2.24. The van der Waals surface area contributed by atoms with Crippen LogP contribution >= 0.6 is 0 Å². The van der Waals surface area contributed by atoms with Crippen molar-refractivity contribution in [3.63, 3.8) is 0 Å². The Hall–Kier alpha value is -2.99. The topological polar surface area (TPSA) is 72.5 Å². The van der Waals surface area contributed by atoms with Crippen LogP contribution in [0.4, 0.5) is 0 Å². The number of carbonyl (C=O) groups is 2. The minimum absolute atomic E-state index is 0.207. The van der Waals surface area contributed by atoms with E-state index >= 15 is 0 Å². The van der Waals surface area contributed by atoms with Gasteiger partial charge in [0.15, 0.2) is 6.61 Å². The molecule has 0 aliphatic carbocycles. The van der Waals surface area contributed by atoms with Crippen molar-refractivity contribution in [2.75, 3.05) is 12.9 Å². The zero-order valence-corrected chi connectivity index (χ0v) is 16.5. The van der Waals surface area contributed by atoms with Gasteiger partial charge in [-0.2, -0.15) is 0 Å². The Balaban J connectivity index is 1.64. The molecule has 0 fully saturated rings. The van der Waals surface area contributed by atoms with Gasteiger partial charge in [-0.3, -0.25) is 9.00 Å². The number of esters is 1. The fourth-order valence-corrected chi connectivity index (χ4v) is 3.82. The number of amides is 1. The summed E-state index contributed by atoms with van der Waals surface area (Å²) < 4.78 is 16.9. The fraction of sp³-hybridized carbons (Fsp3) is 0.182. The van der Waals surface area contributed by atoms with Gasteiger partial charge in [0.05, 0.1) is 27.3 Å². The number of hydrogen-bond donors (Lipinski definition) is 1. The predicted molar refractivity (Wildman–Crippen MR) is 110 cm³/mol. The summed E-state index contributed by atoms with van der Waals surface area (Å²) >= 11 is 0. The van der Waals surface area contributed by atoms with Crippen LogP contribution in [0.2, 0.25) is 0 Å². The van der Waals surface area contributed by atoms with Gasteiger partial charge < -0.3 is 10.1 Å².